The highest BCUT2D eigenvalue weighted by Gasteiger charge is 2.31. The number of benzene rings is 2. The van der Waals surface area contributed by atoms with Crippen molar-refractivity contribution >= 4 is 52.1 Å². The van der Waals surface area contributed by atoms with Crippen LogP contribution in [0.4, 0.5) is 5.69 Å². The first-order valence-corrected chi connectivity index (χ1v) is 9.54. The maximum atomic E-state index is 13.1. The summed E-state index contributed by atoms with van der Waals surface area (Å²) < 4.78 is 0. The third-order valence-electron chi connectivity index (χ3n) is 4.42. The molecule has 0 saturated carbocycles. The zero-order valence-corrected chi connectivity index (χ0v) is 17.4. The molecule has 0 aliphatic carbocycles. The smallest absolute Gasteiger partial charge is 0.255 e. The Morgan fingerprint density at radius 1 is 1.11 bits per heavy atom. The number of aryl methyl sites for hydroxylation is 2. The quantitative estimate of drug-likeness (QED) is 0.609. The van der Waals surface area contributed by atoms with Gasteiger partial charge in [0.25, 0.3) is 5.91 Å². The molecule has 3 rings (SSSR count). The van der Waals surface area contributed by atoms with E-state index in [9.17, 15) is 4.79 Å². The number of allylic oxidation sites excluding steroid dienone is 1. The Bertz CT molecular complexity index is 972. The first-order valence-electron chi connectivity index (χ1n) is 8.38. The van der Waals surface area contributed by atoms with Crippen LogP contribution in [0.3, 0.4) is 0 Å². The molecule has 0 aromatic heterocycles. The van der Waals surface area contributed by atoms with Gasteiger partial charge in [0.15, 0.2) is 5.11 Å². The Balaban J connectivity index is 1.99. The van der Waals surface area contributed by atoms with Crippen molar-refractivity contribution in [1.82, 2.24) is 10.6 Å². The van der Waals surface area contributed by atoms with E-state index < -0.39 is 6.04 Å². The van der Waals surface area contributed by atoms with Crippen LogP contribution < -0.4 is 16.0 Å². The maximum Gasteiger partial charge on any atom is 0.255 e. The lowest BCUT2D eigenvalue weighted by Crippen LogP contribution is -2.45. The molecule has 0 radical (unpaired) electrons. The Hall–Kier alpha value is -2.08. The van der Waals surface area contributed by atoms with Gasteiger partial charge in [0, 0.05) is 21.4 Å². The summed E-state index contributed by atoms with van der Waals surface area (Å²) in [6.07, 6.45) is 0. The fourth-order valence-corrected chi connectivity index (χ4v) is 3.90. The van der Waals surface area contributed by atoms with Gasteiger partial charge in [-0.3, -0.25) is 4.79 Å². The van der Waals surface area contributed by atoms with Crippen molar-refractivity contribution in [3.8, 4) is 0 Å². The van der Waals surface area contributed by atoms with Crippen molar-refractivity contribution in [2.24, 2.45) is 0 Å². The normalized spacial score (nSPS) is 16.6. The average Bonchev–Trinajstić information content (AvgIpc) is 2.56. The highest BCUT2D eigenvalue weighted by molar-refractivity contribution is 7.80. The lowest BCUT2D eigenvalue weighted by molar-refractivity contribution is -0.113. The monoisotopic (exact) mass is 419 g/mol. The van der Waals surface area contributed by atoms with Gasteiger partial charge in [-0.1, -0.05) is 47.0 Å². The fourth-order valence-electron chi connectivity index (χ4n) is 3.11. The van der Waals surface area contributed by atoms with E-state index in [0.717, 1.165) is 22.4 Å². The summed E-state index contributed by atoms with van der Waals surface area (Å²) in [4.78, 5) is 13.1. The predicted molar refractivity (Wildman–Crippen MR) is 115 cm³/mol. The van der Waals surface area contributed by atoms with Crippen LogP contribution in [0.1, 0.15) is 29.7 Å². The van der Waals surface area contributed by atoms with Crippen molar-refractivity contribution < 1.29 is 4.79 Å². The van der Waals surface area contributed by atoms with E-state index in [-0.39, 0.29) is 5.91 Å². The minimum absolute atomic E-state index is 0.224. The van der Waals surface area contributed by atoms with Gasteiger partial charge in [0.2, 0.25) is 0 Å². The zero-order valence-electron chi connectivity index (χ0n) is 15.1. The summed E-state index contributed by atoms with van der Waals surface area (Å²) in [5, 5.41) is 10.6. The summed E-state index contributed by atoms with van der Waals surface area (Å²) in [6.45, 7) is 5.80. The number of hydrogen-bond donors (Lipinski definition) is 3. The summed E-state index contributed by atoms with van der Waals surface area (Å²) in [5.41, 5.74) is 4.83. The van der Waals surface area contributed by atoms with Crippen molar-refractivity contribution in [3.63, 3.8) is 0 Å². The number of carbonyl (C=O) groups excluding carboxylic acids is 1. The molecule has 0 spiro atoms. The van der Waals surface area contributed by atoms with Gasteiger partial charge < -0.3 is 16.0 Å². The second-order valence-corrected chi connectivity index (χ2v) is 7.76. The number of carbonyl (C=O) groups is 1. The third-order valence-corrected chi connectivity index (χ3v) is 5.20. The highest BCUT2D eigenvalue weighted by atomic mass is 35.5. The van der Waals surface area contributed by atoms with Crippen molar-refractivity contribution in [3.05, 3.63) is 74.4 Å². The third kappa shape index (κ3) is 4.26. The number of anilines is 1. The number of nitrogens with one attached hydrogen (secondary N) is 3. The minimum atomic E-state index is -0.478. The molecule has 1 amide bonds. The largest absolute Gasteiger partial charge is 0.351 e. The maximum absolute atomic E-state index is 13.1. The average molecular weight is 420 g/mol. The zero-order chi connectivity index (χ0) is 19.7. The lowest BCUT2D eigenvalue weighted by Gasteiger charge is -2.31. The first-order chi connectivity index (χ1) is 12.8. The molecule has 1 aliphatic rings. The van der Waals surface area contributed by atoms with E-state index in [1.165, 1.54) is 0 Å². The van der Waals surface area contributed by atoms with Crippen LogP contribution in [-0.2, 0) is 4.79 Å². The molecule has 7 heteroatoms. The van der Waals surface area contributed by atoms with Crippen LogP contribution >= 0.6 is 35.4 Å². The molecule has 3 N–H and O–H groups in total. The van der Waals surface area contributed by atoms with Gasteiger partial charge >= 0.3 is 0 Å². The molecule has 1 aliphatic heterocycles. The van der Waals surface area contributed by atoms with Gasteiger partial charge in [-0.15, -0.1) is 0 Å². The molecule has 2 aromatic carbocycles. The van der Waals surface area contributed by atoms with E-state index in [4.69, 9.17) is 35.4 Å². The molecule has 0 saturated heterocycles. The molecular weight excluding hydrogens is 401 g/mol. The van der Waals surface area contributed by atoms with Crippen LogP contribution in [0, 0.1) is 13.8 Å². The molecule has 0 fully saturated rings. The van der Waals surface area contributed by atoms with E-state index in [1.807, 2.05) is 39.0 Å². The Labute approximate surface area is 173 Å². The van der Waals surface area contributed by atoms with Gasteiger partial charge in [-0.05, 0) is 62.3 Å². The summed E-state index contributed by atoms with van der Waals surface area (Å²) in [7, 11) is 0. The lowest BCUT2D eigenvalue weighted by atomic mass is 9.94. The molecule has 2 aromatic rings. The van der Waals surface area contributed by atoms with Crippen molar-refractivity contribution in [1.29, 1.82) is 0 Å². The number of thiocarbonyl (C=S) groups is 1. The number of rotatable bonds is 3. The summed E-state index contributed by atoms with van der Waals surface area (Å²) in [6, 6.07) is 10.6. The standard InChI is InChI=1S/C20H19Cl2N3OS/c1-10-4-7-16(11(2)8-10)24-19(26)17-12(3)23-20(27)25-18(17)14-6-5-13(21)9-15(14)22/h4-9,18H,1-3H3,(H,24,26)(H2,23,25,27)/t18-/m1/s1. The summed E-state index contributed by atoms with van der Waals surface area (Å²) >= 11 is 17.7. The molecule has 0 bridgehead atoms. The van der Waals surface area contributed by atoms with Crippen LogP contribution in [0.25, 0.3) is 0 Å². The summed E-state index contributed by atoms with van der Waals surface area (Å²) in [5.74, 6) is -0.224. The molecule has 0 unspecified atom stereocenters. The number of halogens is 2. The first kappa shape index (κ1) is 19.7. The highest BCUT2D eigenvalue weighted by Crippen LogP contribution is 2.34. The van der Waals surface area contributed by atoms with Gasteiger partial charge in [0.1, 0.15) is 0 Å². The second kappa shape index (κ2) is 7.89. The van der Waals surface area contributed by atoms with Gasteiger partial charge in [0.05, 0.1) is 11.6 Å². The molecule has 27 heavy (non-hydrogen) atoms. The number of hydrogen-bond acceptors (Lipinski definition) is 2. The van der Waals surface area contributed by atoms with E-state index >= 15 is 0 Å². The fraction of sp³-hybridized carbons (Fsp3) is 0.200. The Kier molecular flexibility index (Phi) is 5.75. The van der Waals surface area contributed by atoms with E-state index in [1.54, 1.807) is 18.2 Å². The molecule has 4 nitrogen and oxygen atoms in total. The van der Waals surface area contributed by atoms with Crippen molar-refractivity contribution in [2.45, 2.75) is 26.8 Å². The van der Waals surface area contributed by atoms with Crippen LogP contribution in [-0.4, -0.2) is 11.0 Å². The Morgan fingerprint density at radius 2 is 1.85 bits per heavy atom. The molecule has 1 heterocycles. The SMILES string of the molecule is CC1=C(C(=O)Nc2ccc(C)cc2C)[C@@H](c2ccc(Cl)cc2Cl)NC(=S)N1. The Morgan fingerprint density at radius 3 is 2.52 bits per heavy atom. The van der Waals surface area contributed by atoms with Crippen LogP contribution in [0.5, 0.6) is 0 Å². The topological polar surface area (TPSA) is 53.2 Å². The molecular formula is C20H19Cl2N3OS. The van der Waals surface area contributed by atoms with E-state index in [0.29, 0.717) is 26.4 Å². The van der Waals surface area contributed by atoms with Crippen LogP contribution in [0.2, 0.25) is 10.0 Å². The van der Waals surface area contributed by atoms with Crippen LogP contribution in [0.15, 0.2) is 47.7 Å². The second-order valence-electron chi connectivity index (χ2n) is 6.51. The predicted octanol–water partition coefficient (Wildman–Crippen LogP) is 5.04. The van der Waals surface area contributed by atoms with Crippen molar-refractivity contribution in [2.75, 3.05) is 5.32 Å². The minimum Gasteiger partial charge on any atom is -0.351 e. The van der Waals surface area contributed by atoms with Gasteiger partial charge in [-0.2, -0.15) is 0 Å². The molecule has 1 atom stereocenters. The number of amides is 1. The van der Waals surface area contributed by atoms with Gasteiger partial charge in [-0.25, -0.2) is 0 Å². The van der Waals surface area contributed by atoms with E-state index in [2.05, 4.69) is 16.0 Å². The molecule has 140 valence electrons.